The van der Waals surface area contributed by atoms with E-state index in [0.717, 1.165) is 24.2 Å². The number of nitrogens with two attached hydrogens (primary N) is 1. The molecule has 0 radical (unpaired) electrons. The van der Waals surface area contributed by atoms with Gasteiger partial charge in [0, 0.05) is 17.4 Å². The van der Waals surface area contributed by atoms with Crippen molar-refractivity contribution >= 4 is 11.4 Å². The Bertz CT molecular complexity index is 640. The number of methoxy groups -OCH3 is 1. The first-order chi connectivity index (χ1) is 9.67. The zero-order valence-corrected chi connectivity index (χ0v) is 11.4. The van der Waals surface area contributed by atoms with Crippen molar-refractivity contribution in [1.29, 1.82) is 0 Å². The highest BCUT2D eigenvalue weighted by molar-refractivity contribution is 5.57. The summed E-state index contributed by atoms with van der Waals surface area (Å²) in [5.74, 6) is 0.628. The highest BCUT2D eigenvalue weighted by atomic mass is 16.5. The van der Waals surface area contributed by atoms with Crippen molar-refractivity contribution in [2.24, 2.45) is 0 Å². The van der Waals surface area contributed by atoms with Gasteiger partial charge in [0.05, 0.1) is 13.2 Å². The predicted molar refractivity (Wildman–Crippen MR) is 80.2 cm³/mol. The molecule has 0 saturated carbocycles. The molecule has 1 aliphatic rings. The van der Waals surface area contributed by atoms with E-state index in [2.05, 4.69) is 11.4 Å². The number of hydrogen-bond acceptors (Lipinski definition) is 4. The molecule has 0 fully saturated rings. The molecule has 1 unspecified atom stereocenters. The van der Waals surface area contributed by atoms with E-state index in [-0.39, 0.29) is 11.8 Å². The van der Waals surface area contributed by atoms with Gasteiger partial charge < -0.3 is 20.9 Å². The summed E-state index contributed by atoms with van der Waals surface area (Å²) in [5, 5.41) is 13.3. The van der Waals surface area contributed by atoms with Crippen LogP contribution in [0.4, 0.5) is 11.4 Å². The van der Waals surface area contributed by atoms with Crippen LogP contribution in [0.25, 0.3) is 0 Å². The maximum atomic E-state index is 9.82. The van der Waals surface area contributed by atoms with Gasteiger partial charge in [0.25, 0.3) is 0 Å². The number of anilines is 2. The Kier molecular flexibility index (Phi) is 3.14. The van der Waals surface area contributed by atoms with E-state index in [1.54, 1.807) is 19.2 Å². The maximum absolute atomic E-state index is 9.82. The average molecular weight is 270 g/mol. The van der Waals surface area contributed by atoms with E-state index >= 15 is 0 Å². The molecular formula is C16H18N2O2. The van der Waals surface area contributed by atoms with Gasteiger partial charge in [-0.25, -0.2) is 0 Å². The quantitative estimate of drug-likeness (QED) is 0.750. The third-order valence-corrected chi connectivity index (χ3v) is 3.76. The Morgan fingerprint density at radius 1 is 1.25 bits per heavy atom. The second kappa shape index (κ2) is 4.96. The minimum Gasteiger partial charge on any atom is -0.504 e. The van der Waals surface area contributed by atoms with Crippen molar-refractivity contribution in [3.05, 3.63) is 47.5 Å². The minimum atomic E-state index is 0.146. The van der Waals surface area contributed by atoms with Crippen molar-refractivity contribution in [3.8, 4) is 11.5 Å². The number of hydrogen-bond donors (Lipinski definition) is 3. The van der Waals surface area contributed by atoms with Crippen LogP contribution >= 0.6 is 0 Å². The smallest absolute Gasteiger partial charge is 0.160 e. The second-order valence-electron chi connectivity index (χ2n) is 5.08. The summed E-state index contributed by atoms with van der Waals surface area (Å²) >= 11 is 0. The van der Waals surface area contributed by atoms with Gasteiger partial charge in [0.1, 0.15) is 0 Å². The number of phenols is 1. The van der Waals surface area contributed by atoms with Crippen LogP contribution in [0, 0.1) is 0 Å². The number of rotatable bonds is 3. The Hall–Kier alpha value is -2.36. The SMILES string of the molecule is COc1ccc(NC2CCc3cc(N)ccc32)cc1O. The number of phenolic OH excluding ortho intramolecular Hbond substituents is 1. The standard InChI is InChI=1S/C16H18N2O2/c1-20-16-7-4-12(9-15(16)19)18-14-6-2-10-8-11(17)3-5-13(10)14/h3-5,7-9,14,18-19H,2,6,17H2,1H3. The lowest BCUT2D eigenvalue weighted by Crippen LogP contribution is -2.07. The number of aromatic hydroxyl groups is 1. The first-order valence-electron chi connectivity index (χ1n) is 6.69. The van der Waals surface area contributed by atoms with E-state index in [0.29, 0.717) is 5.75 Å². The predicted octanol–water partition coefficient (Wildman–Crippen LogP) is 3.08. The van der Waals surface area contributed by atoms with Gasteiger partial charge in [-0.3, -0.25) is 0 Å². The number of benzene rings is 2. The second-order valence-corrected chi connectivity index (χ2v) is 5.08. The zero-order chi connectivity index (χ0) is 14.1. The molecule has 3 rings (SSSR count). The van der Waals surface area contributed by atoms with E-state index < -0.39 is 0 Å². The van der Waals surface area contributed by atoms with Gasteiger partial charge in [0.2, 0.25) is 0 Å². The molecule has 2 aromatic rings. The number of aryl methyl sites for hydroxylation is 1. The lowest BCUT2D eigenvalue weighted by Gasteiger charge is -2.16. The number of nitrogen functional groups attached to an aromatic ring is 1. The molecule has 0 aliphatic heterocycles. The lowest BCUT2D eigenvalue weighted by atomic mass is 10.1. The fourth-order valence-corrected chi connectivity index (χ4v) is 2.77. The Morgan fingerprint density at radius 2 is 2.10 bits per heavy atom. The van der Waals surface area contributed by atoms with Gasteiger partial charge in [-0.1, -0.05) is 6.07 Å². The Morgan fingerprint density at radius 3 is 2.85 bits per heavy atom. The molecule has 20 heavy (non-hydrogen) atoms. The first-order valence-corrected chi connectivity index (χ1v) is 6.69. The zero-order valence-electron chi connectivity index (χ0n) is 11.4. The van der Waals surface area contributed by atoms with Crippen molar-refractivity contribution in [1.82, 2.24) is 0 Å². The van der Waals surface area contributed by atoms with Gasteiger partial charge in [-0.15, -0.1) is 0 Å². The summed E-state index contributed by atoms with van der Waals surface area (Å²) in [7, 11) is 1.54. The largest absolute Gasteiger partial charge is 0.504 e. The van der Waals surface area contributed by atoms with Crippen LogP contribution in [0.15, 0.2) is 36.4 Å². The molecule has 1 aliphatic carbocycles. The fourth-order valence-electron chi connectivity index (χ4n) is 2.77. The van der Waals surface area contributed by atoms with Crippen LogP contribution in [-0.2, 0) is 6.42 Å². The number of ether oxygens (including phenoxy) is 1. The van der Waals surface area contributed by atoms with Crippen molar-refractivity contribution in [2.45, 2.75) is 18.9 Å². The molecule has 0 spiro atoms. The number of fused-ring (bicyclic) bond motifs is 1. The third kappa shape index (κ3) is 2.25. The van der Waals surface area contributed by atoms with E-state index in [4.69, 9.17) is 10.5 Å². The Labute approximate surface area is 118 Å². The van der Waals surface area contributed by atoms with Crippen molar-refractivity contribution < 1.29 is 9.84 Å². The summed E-state index contributed by atoms with van der Waals surface area (Å²) in [6.07, 6.45) is 2.06. The molecule has 0 amide bonds. The minimum absolute atomic E-state index is 0.146. The molecule has 0 aromatic heterocycles. The number of nitrogens with one attached hydrogen (secondary N) is 1. The van der Waals surface area contributed by atoms with Crippen LogP contribution in [0.1, 0.15) is 23.6 Å². The topological polar surface area (TPSA) is 67.5 Å². The summed E-state index contributed by atoms with van der Waals surface area (Å²) in [6.45, 7) is 0. The van der Waals surface area contributed by atoms with E-state index in [1.165, 1.54) is 11.1 Å². The van der Waals surface area contributed by atoms with Gasteiger partial charge in [-0.05, 0) is 48.2 Å². The van der Waals surface area contributed by atoms with Crippen LogP contribution in [0.2, 0.25) is 0 Å². The van der Waals surface area contributed by atoms with E-state index in [1.807, 2.05) is 18.2 Å². The molecule has 0 bridgehead atoms. The molecule has 2 aromatic carbocycles. The molecule has 4 N–H and O–H groups in total. The first kappa shape index (κ1) is 12.7. The summed E-state index contributed by atoms with van der Waals surface area (Å²) in [5.41, 5.74) is 10.1. The highest BCUT2D eigenvalue weighted by Gasteiger charge is 2.22. The van der Waals surface area contributed by atoms with Crippen LogP contribution in [-0.4, -0.2) is 12.2 Å². The summed E-state index contributed by atoms with van der Waals surface area (Å²) in [4.78, 5) is 0. The van der Waals surface area contributed by atoms with Gasteiger partial charge in [-0.2, -0.15) is 0 Å². The molecule has 0 saturated heterocycles. The summed E-state index contributed by atoms with van der Waals surface area (Å²) in [6, 6.07) is 11.7. The normalized spacial score (nSPS) is 16.8. The maximum Gasteiger partial charge on any atom is 0.160 e. The van der Waals surface area contributed by atoms with Crippen LogP contribution in [0.5, 0.6) is 11.5 Å². The average Bonchev–Trinajstić information content (AvgIpc) is 2.81. The lowest BCUT2D eigenvalue weighted by molar-refractivity contribution is 0.373. The van der Waals surface area contributed by atoms with E-state index in [9.17, 15) is 5.11 Å². The Balaban J connectivity index is 1.82. The van der Waals surface area contributed by atoms with Crippen LogP contribution in [0.3, 0.4) is 0 Å². The molecule has 4 heteroatoms. The van der Waals surface area contributed by atoms with Crippen molar-refractivity contribution in [2.75, 3.05) is 18.2 Å². The third-order valence-electron chi connectivity index (χ3n) is 3.76. The molecule has 1 atom stereocenters. The fraction of sp³-hybridized carbons (Fsp3) is 0.250. The molecule has 104 valence electrons. The molecule has 0 heterocycles. The van der Waals surface area contributed by atoms with Crippen LogP contribution < -0.4 is 15.8 Å². The summed E-state index contributed by atoms with van der Waals surface area (Å²) < 4.78 is 5.05. The highest BCUT2D eigenvalue weighted by Crippen LogP contribution is 2.36. The molecule has 4 nitrogen and oxygen atoms in total. The monoisotopic (exact) mass is 270 g/mol. The molecular weight excluding hydrogens is 252 g/mol. The van der Waals surface area contributed by atoms with Crippen molar-refractivity contribution in [3.63, 3.8) is 0 Å². The van der Waals surface area contributed by atoms with Gasteiger partial charge in [0.15, 0.2) is 11.5 Å². The van der Waals surface area contributed by atoms with Gasteiger partial charge >= 0.3 is 0 Å².